The van der Waals surface area contributed by atoms with Crippen LogP contribution in [0.25, 0.3) is 11.5 Å². The number of β-amino-alcohol motifs (C(OH)–C–C–N with tert-alkyl or cyclic N) is 1. The maximum atomic E-state index is 12.0. The van der Waals surface area contributed by atoms with Crippen molar-refractivity contribution in [3.8, 4) is 23.0 Å². The third-order valence-electron chi connectivity index (χ3n) is 5.48. The molecule has 29 heavy (non-hydrogen) atoms. The molecule has 1 aromatic heterocycles. The van der Waals surface area contributed by atoms with Crippen molar-refractivity contribution in [2.45, 2.75) is 32.4 Å². The summed E-state index contributed by atoms with van der Waals surface area (Å²) in [5.74, 6) is 2.39. The lowest BCUT2D eigenvalue weighted by Gasteiger charge is -2.36. The number of methoxy groups -OCH3 is 2. The Kier molecular flexibility index (Phi) is 6.21. The van der Waals surface area contributed by atoms with Gasteiger partial charge in [0.05, 0.1) is 43.6 Å². The van der Waals surface area contributed by atoms with Crippen molar-refractivity contribution in [2.24, 2.45) is 0 Å². The second-order valence-electron chi connectivity index (χ2n) is 7.55. The second-order valence-corrected chi connectivity index (χ2v) is 9.73. The van der Waals surface area contributed by atoms with Crippen molar-refractivity contribution in [3.05, 3.63) is 29.7 Å². The van der Waals surface area contributed by atoms with Crippen LogP contribution in [0, 0.1) is 6.92 Å². The highest BCUT2D eigenvalue weighted by molar-refractivity contribution is 7.91. The minimum atomic E-state index is -3.07. The van der Waals surface area contributed by atoms with Crippen molar-refractivity contribution in [1.82, 2.24) is 9.88 Å². The molecule has 1 aliphatic heterocycles. The molecule has 0 amide bonds. The molecule has 0 radical (unpaired) electrons. The maximum absolute atomic E-state index is 12.0. The molecular weight excluding hydrogens is 396 g/mol. The van der Waals surface area contributed by atoms with Crippen LogP contribution in [0.5, 0.6) is 11.5 Å². The molecular formula is C20H28N2O6S. The Morgan fingerprint density at radius 1 is 1.31 bits per heavy atom. The number of aromatic nitrogens is 1. The molecule has 0 aliphatic carbocycles. The number of hydrogen-bond acceptors (Lipinski definition) is 8. The van der Waals surface area contributed by atoms with Gasteiger partial charge in [0, 0.05) is 18.6 Å². The lowest BCUT2D eigenvalue weighted by Crippen LogP contribution is -2.48. The normalized spacial score (nSPS) is 20.9. The molecule has 0 spiro atoms. The van der Waals surface area contributed by atoms with Gasteiger partial charge in [-0.2, -0.15) is 0 Å². The Labute approximate surface area is 171 Å². The summed E-state index contributed by atoms with van der Waals surface area (Å²) in [6.45, 7) is 4.42. The third-order valence-corrected chi connectivity index (χ3v) is 7.37. The standard InChI is InChI=1S/C20H28N2O6S/c1-14-16(12-22(9-10-23)20(2)8-11-29(24,25)13-20)21-19(28-14)15-6-5-7-17(26-3)18(15)27-4/h5-7,23H,8-13H2,1-4H3. The van der Waals surface area contributed by atoms with E-state index in [4.69, 9.17) is 13.9 Å². The summed E-state index contributed by atoms with van der Waals surface area (Å²) in [5, 5.41) is 9.53. The van der Waals surface area contributed by atoms with Gasteiger partial charge >= 0.3 is 0 Å². The zero-order valence-electron chi connectivity index (χ0n) is 17.3. The molecule has 1 unspecified atom stereocenters. The van der Waals surface area contributed by atoms with Crippen molar-refractivity contribution >= 4 is 9.84 Å². The van der Waals surface area contributed by atoms with Crippen LogP contribution in [-0.4, -0.2) is 67.8 Å². The molecule has 2 aromatic rings. The number of aryl methyl sites for hydroxylation is 1. The first-order chi connectivity index (χ1) is 13.7. The van der Waals surface area contributed by atoms with Crippen LogP contribution in [0.4, 0.5) is 0 Å². The summed E-state index contributed by atoms with van der Waals surface area (Å²) in [7, 11) is 0.0527. The fraction of sp³-hybridized carbons (Fsp3) is 0.550. The van der Waals surface area contributed by atoms with Crippen LogP contribution in [0.3, 0.4) is 0 Å². The molecule has 1 fully saturated rings. The van der Waals surface area contributed by atoms with Gasteiger partial charge in [-0.3, -0.25) is 4.90 Å². The van der Waals surface area contributed by atoms with Crippen LogP contribution in [0.15, 0.2) is 22.6 Å². The van der Waals surface area contributed by atoms with Gasteiger partial charge in [0.25, 0.3) is 0 Å². The van der Waals surface area contributed by atoms with Gasteiger partial charge in [-0.1, -0.05) is 6.07 Å². The fourth-order valence-corrected chi connectivity index (χ4v) is 6.00. The lowest BCUT2D eigenvalue weighted by molar-refractivity contribution is 0.0884. The minimum Gasteiger partial charge on any atom is -0.493 e. The molecule has 0 bridgehead atoms. The van der Waals surface area contributed by atoms with E-state index in [0.717, 1.165) is 0 Å². The van der Waals surface area contributed by atoms with Crippen molar-refractivity contribution in [3.63, 3.8) is 0 Å². The zero-order valence-corrected chi connectivity index (χ0v) is 18.1. The van der Waals surface area contributed by atoms with E-state index in [1.165, 1.54) is 0 Å². The predicted molar refractivity (Wildman–Crippen MR) is 109 cm³/mol. The third kappa shape index (κ3) is 4.41. The Morgan fingerprint density at radius 2 is 2.07 bits per heavy atom. The van der Waals surface area contributed by atoms with Crippen LogP contribution < -0.4 is 9.47 Å². The fourth-order valence-electron chi connectivity index (χ4n) is 3.83. The quantitative estimate of drug-likeness (QED) is 0.687. The molecule has 8 nitrogen and oxygen atoms in total. The van der Waals surface area contributed by atoms with E-state index in [9.17, 15) is 13.5 Å². The van der Waals surface area contributed by atoms with Crippen LogP contribution in [0.1, 0.15) is 24.8 Å². The number of para-hydroxylation sites is 1. The van der Waals surface area contributed by atoms with Crippen LogP contribution in [-0.2, 0) is 16.4 Å². The molecule has 1 aliphatic rings. The summed E-state index contributed by atoms with van der Waals surface area (Å²) in [4.78, 5) is 6.63. The highest BCUT2D eigenvalue weighted by atomic mass is 32.2. The highest BCUT2D eigenvalue weighted by Crippen LogP contribution is 2.38. The molecule has 1 atom stereocenters. The Balaban J connectivity index is 1.92. The van der Waals surface area contributed by atoms with E-state index in [1.807, 2.05) is 30.9 Å². The van der Waals surface area contributed by atoms with Crippen LogP contribution >= 0.6 is 0 Å². The molecule has 160 valence electrons. The second kappa shape index (κ2) is 8.33. The largest absolute Gasteiger partial charge is 0.493 e. The van der Waals surface area contributed by atoms with Crippen molar-refractivity contribution in [2.75, 3.05) is 38.9 Å². The Hall–Kier alpha value is -2.10. The first kappa shape index (κ1) is 21.6. The first-order valence-electron chi connectivity index (χ1n) is 9.47. The zero-order chi connectivity index (χ0) is 21.2. The van der Waals surface area contributed by atoms with E-state index in [1.54, 1.807) is 20.3 Å². The smallest absolute Gasteiger partial charge is 0.230 e. The average molecular weight is 425 g/mol. The summed E-state index contributed by atoms with van der Waals surface area (Å²) >= 11 is 0. The predicted octanol–water partition coefficient (Wildman–Crippen LogP) is 2.04. The van der Waals surface area contributed by atoms with Gasteiger partial charge in [-0.25, -0.2) is 13.4 Å². The Bertz CT molecular complexity index is 971. The molecule has 1 aromatic carbocycles. The van der Waals surface area contributed by atoms with Gasteiger partial charge in [0.15, 0.2) is 21.3 Å². The van der Waals surface area contributed by atoms with Gasteiger partial charge in [0.1, 0.15) is 5.76 Å². The van der Waals surface area contributed by atoms with Gasteiger partial charge in [0.2, 0.25) is 5.89 Å². The van der Waals surface area contributed by atoms with E-state index < -0.39 is 15.4 Å². The number of ether oxygens (including phenoxy) is 2. The van der Waals surface area contributed by atoms with Crippen molar-refractivity contribution < 1.29 is 27.4 Å². The number of oxazole rings is 1. The topological polar surface area (TPSA) is 102 Å². The number of benzene rings is 1. The van der Waals surface area contributed by atoms with Crippen molar-refractivity contribution in [1.29, 1.82) is 0 Å². The molecule has 9 heteroatoms. The number of sulfone groups is 1. The first-order valence-corrected chi connectivity index (χ1v) is 11.3. The molecule has 1 N–H and O–H groups in total. The van der Waals surface area contributed by atoms with E-state index in [0.29, 0.717) is 53.9 Å². The van der Waals surface area contributed by atoms with Gasteiger partial charge in [-0.05, 0) is 32.4 Å². The highest BCUT2D eigenvalue weighted by Gasteiger charge is 2.43. The summed E-state index contributed by atoms with van der Waals surface area (Å²) < 4.78 is 40.8. The lowest BCUT2D eigenvalue weighted by atomic mass is 9.99. The monoisotopic (exact) mass is 424 g/mol. The molecule has 0 saturated carbocycles. The SMILES string of the molecule is COc1cccc(-c2nc(CN(CCO)C3(C)CCS(=O)(=O)C3)c(C)o2)c1OC. The number of rotatable bonds is 8. The number of aliphatic hydroxyl groups is 1. The number of hydrogen-bond donors (Lipinski definition) is 1. The molecule has 2 heterocycles. The van der Waals surface area contributed by atoms with Crippen LogP contribution in [0.2, 0.25) is 0 Å². The number of nitrogens with zero attached hydrogens (tertiary/aromatic N) is 2. The van der Waals surface area contributed by atoms with E-state index in [2.05, 4.69) is 4.98 Å². The van der Waals surface area contributed by atoms with Gasteiger partial charge < -0.3 is 19.0 Å². The average Bonchev–Trinajstić information content (AvgIpc) is 3.19. The van der Waals surface area contributed by atoms with Gasteiger partial charge in [-0.15, -0.1) is 0 Å². The minimum absolute atomic E-state index is 0.0664. The summed E-state index contributed by atoms with van der Waals surface area (Å²) in [6.07, 6.45) is 0.531. The Morgan fingerprint density at radius 3 is 2.66 bits per heavy atom. The molecule has 3 rings (SSSR count). The molecule has 1 saturated heterocycles. The van der Waals surface area contributed by atoms with E-state index in [-0.39, 0.29) is 18.1 Å². The summed E-state index contributed by atoms with van der Waals surface area (Å²) in [5.41, 5.74) is 0.828. The summed E-state index contributed by atoms with van der Waals surface area (Å²) in [6, 6.07) is 5.47. The maximum Gasteiger partial charge on any atom is 0.230 e. The number of aliphatic hydroxyl groups excluding tert-OH is 1. The van der Waals surface area contributed by atoms with E-state index >= 15 is 0 Å².